The van der Waals surface area contributed by atoms with Gasteiger partial charge in [0, 0.05) is 32.1 Å². The topological polar surface area (TPSA) is 15.7 Å². The summed E-state index contributed by atoms with van der Waals surface area (Å²) in [5.74, 6) is -2.43. The van der Waals surface area contributed by atoms with Crippen molar-refractivity contribution in [3.8, 4) is 0 Å². The number of hydrogen-bond donors (Lipinski definition) is 0. The van der Waals surface area contributed by atoms with Crippen molar-refractivity contribution < 1.29 is 13.5 Å². The van der Waals surface area contributed by atoms with Gasteiger partial charge in [-0.15, -0.1) is 0 Å². The number of nitrogens with zero attached hydrogens (tertiary/aromatic N) is 2. The molecule has 0 amide bonds. The average Bonchev–Trinajstić information content (AvgIpc) is 2.72. The molecule has 3 nitrogen and oxygen atoms in total. The Morgan fingerprint density at radius 1 is 1.17 bits per heavy atom. The predicted molar refractivity (Wildman–Crippen MR) is 69.2 cm³/mol. The van der Waals surface area contributed by atoms with Crippen LogP contribution >= 0.6 is 0 Å². The highest BCUT2D eigenvalue weighted by Gasteiger charge is 2.38. The van der Waals surface area contributed by atoms with Crippen LogP contribution in [0.2, 0.25) is 0 Å². The zero-order chi connectivity index (χ0) is 13.6. The van der Waals surface area contributed by atoms with Crippen molar-refractivity contribution in [1.29, 1.82) is 0 Å². The van der Waals surface area contributed by atoms with Gasteiger partial charge in [0.25, 0.3) is 5.92 Å². The molecule has 18 heavy (non-hydrogen) atoms. The van der Waals surface area contributed by atoms with Crippen LogP contribution in [0.5, 0.6) is 0 Å². The molecule has 0 N–H and O–H groups in total. The minimum Gasteiger partial charge on any atom is -0.379 e. The van der Waals surface area contributed by atoms with E-state index < -0.39 is 5.92 Å². The van der Waals surface area contributed by atoms with Gasteiger partial charge < -0.3 is 4.74 Å². The van der Waals surface area contributed by atoms with E-state index in [0.29, 0.717) is 6.54 Å². The Morgan fingerprint density at radius 3 is 2.06 bits per heavy atom. The minimum absolute atomic E-state index is 0.0329. The van der Waals surface area contributed by atoms with Crippen LogP contribution in [0.1, 0.15) is 27.2 Å². The van der Waals surface area contributed by atoms with Gasteiger partial charge in [-0.1, -0.05) is 6.92 Å². The van der Waals surface area contributed by atoms with Crippen molar-refractivity contribution in [2.75, 3.05) is 45.9 Å². The van der Waals surface area contributed by atoms with Crippen LogP contribution in [-0.2, 0) is 4.74 Å². The smallest absolute Gasteiger partial charge is 0.261 e. The molecule has 0 aliphatic carbocycles. The van der Waals surface area contributed by atoms with Gasteiger partial charge in [-0.3, -0.25) is 9.80 Å². The fourth-order valence-electron chi connectivity index (χ4n) is 2.12. The van der Waals surface area contributed by atoms with Gasteiger partial charge in [0.15, 0.2) is 0 Å². The van der Waals surface area contributed by atoms with Crippen LogP contribution in [0.3, 0.4) is 0 Å². The molecule has 0 aromatic rings. The third-order valence-electron chi connectivity index (χ3n) is 3.48. The molecule has 0 saturated carbocycles. The van der Waals surface area contributed by atoms with E-state index >= 15 is 0 Å². The lowest BCUT2D eigenvalue weighted by molar-refractivity contribution is 0.00921. The van der Waals surface area contributed by atoms with Gasteiger partial charge in [-0.2, -0.15) is 0 Å². The summed E-state index contributed by atoms with van der Waals surface area (Å²) < 4.78 is 30.2. The molecule has 0 bridgehead atoms. The highest BCUT2D eigenvalue weighted by atomic mass is 19.3. The molecule has 0 aromatic heterocycles. The van der Waals surface area contributed by atoms with Crippen molar-refractivity contribution in [1.82, 2.24) is 9.80 Å². The molecule has 2 heterocycles. The second-order valence-corrected chi connectivity index (χ2v) is 5.22. The Bertz CT molecular complexity index is 231. The lowest BCUT2D eigenvalue weighted by Gasteiger charge is -2.24. The second kappa shape index (κ2) is 7.36. The predicted octanol–water partition coefficient (Wildman–Crippen LogP) is 2.07. The first-order chi connectivity index (χ1) is 8.44. The molecule has 0 unspecified atom stereocenters. The second-order valence-electron chi connectivity index (χ2n) is 5.22. The fourth-order valence-corrected chi connectivity index (χ4v) is 2.12. The monoisotopic (exact) mass is 264 g/mol. The summed E-state index contributed by atoms with van der Waals surface area (Å²) in [5.41, 5.74) is 0. The number of likely N-dealkylation sites (N-methyl/N-ethyl adjacent to an activating group) is 1. The van der Waals surface area contributed by atoms with Crippen LogP contribution in [0.25, 0.3) is 0 Å². The number of hydrogen-bond acceptors (Lipinski definition) is 3. The standard InChI is InChI=1S/C7H13F2N.C6H13NO/c1-6(2)10-4-3-7(8,9)5-10;1-2-7-3-5-8-6-4-7/h6H,3-5H2,1-2H3;2-6H2,1H3. The summed E-state index contributed by atoms with van der Waals surface area (Å²) in [6, 6.07) is 0.258. The molecular weight excluding hydrogens is 238 g/mol. The third kappa shape index (κ3) is 5.59. The first-order valence-electron chi connectivity index (χ1n) is 6.86. The van der Waals surface area contributed by atoms with Gasteiger partial charge in [0.05, 0.1) is 19.8 Å². The van der Waals surface area contributed by atoms with Crippen LogP contribution in [-0.4, -0.2) is 67.7 Å². The highest BCUT2D eigenvalue weighted by Crippen LogP contribution is 2.27. The van der Waals surface area contributed by atoms with E-state index in [1.807, 2.05) is 13.8 Å². The maximum absolute atomic E-state index is 12.5. The van der Waals surface area contributed by atoms with Gasteiger partial charge >= 0.3 is 0 Å². The summed E-state index contributed by atoms with van der Waals surface area (Å²) in [5, 5.41) is 0. The summed E-state index contributed by atoms with van der Waals surface area (Å²) in [6.07, 6.45) is 0.0329. The number of ether oxygens (including phenoxy) is 1. The molecule has 0 spiro atoms. The number of morpholine rings is 1. The summed E-state index contributed by atoms with van der Waals surface area (Å²) >= 11 is 0. The Labute approximate surface area is 109 Å². The van der Waals surface area contributed by atoms with Crippen molar-refractivity contribution in [2.24, 2.45) is 0 Å². The maximum Gasteiger partial charge on any atom is 0.261 e. The van der Waals surface area contributed by atoms with Crippen LogP contribution in [0.4, 0.5) is 8.78 Å². The lowest BCUT2D eigenvalue weighted by Crippen LogP contribution is -2.35. The summed E-state index contributed by atoms with van der Waals surface area (Å²) in [4.78, 5) is 4.20. The Morgan fingerprint density at radius 2 is 1.78 bits per heavy atom. The Kier molecular flexibility index (Phi) is 6.46. The van der Waals surface area contributed by atoms with Crippen molar-refractivity contribution in [3.05, 3.63) is 0 Å². The molecule has 0 radical (unpaired) electrons. The van der Waals surface area contributed by atoms with Crippen molar-refractivity contribution >= 4 is 0 Å². The van der Waals surface area contributed by atoms with E-state index in [1.54, 1.807) is 4.90 Å². The quantitative estimate of drug-likeness (QED) is 0.759. The largest absolute Gasteiger partial charge is 0.379 e. The molecule has 108 valence electrons. The SMILES string of the molecule is CC(C)N1CCC(F)(F)C1.CCN1CCOCC1. The Balaban J connectivity index is 0.000000184. The van der Waals surface area contributed by atoms with Gasteiger partial charge in [-0.25, -0.2) is 8.78 Å². The number of rotatable bonds is 2. The van der Waals surface area contributed by atoms with Crippen molar-refractivity contribution in [3.63, 3.8) is 0 Å². The molecule has 2 rings (SSSR count). The van der Waals surface area contributed by atoms with Gasteiger partial charge in [0.2, 0.25) is 0 Å². The van der Waals surface area contributed by atoms with E-state index in [2.05, 4.69) is 11.8 Å². The van der Waals surface area contributed by atoms with E-state index in [1.165, 1.54) is 6.54 Å². The molecular formula is C13H26F2N2O. The van der Waals surface area contributed by atoms with Crippen LogP contribution in [0, 0.1) is 0 Å². The number of likely N-dealkylation sites (tertiary alicyclic amines) is 1. The molecule has 0 atom stereocenters. The molecule has 2 aliphatic heterocycles. The van der Waals surface area contributed by atoms with Crippen LogP contribution in [0.15, 0.2) is 0 Å². The molecule has 2 fully saturated rings. The number of alkyl halides is 2. The maximum atomic E-state index is 12.5. The highest BCUT2D eigenvalue weighted by molar-refractivity contribution is 4.83. The molecule has 2 aliphatic rings. The number of halogens is 2. The molecule has 5 heteroatoms. The zero-order valence-corrected chi connectivity index (χ0v) is 11.8. The van der Waals surface area contributed by atoms with Gasteiger partial charge in [-0.05, 0) is 20.4 Å². The zero-order valence-electron chi connectivity index (χ0n) is 11.8. The minimum atomic E-state index is -2.43. The van der Waals surface area contributed by atoms with Crippen molar-refractivity contribution in [2.45, 2.75) is 39.2 Å². The summed E-state index contributed by atoms with van der Waals surface area (Å²) in [6.45, 7) is 11.8. The molecule has 2 saturated heterocycles. The van der Waals surface area contributed by atoms with Gasteiger partial charge in [0.1, 0.15) is 0 Å². The average molecular weight is 264 g/mol. The van der Waals surface area contributed by atoms with E-state index in [4.69, 9.17) is 4.74 Å². The van der Waals surface area contributed by atoms with E-state index in [-0.39, 0.29) is 19.0 Å². The fraction of sp³-hybridized carbons (Fsp3) is 1.00. The first-order valence-corrected chi connectivity index (χ1v) is 6.86. The lowest BCUT2D eigenvalue weighted by atomic mass is 10.3. The first kappa shape index (κ1) is 15.8. The van der Waals surface area contributed by atoms with Crippen LogP contribution < -0.4 is 0 Å². The normalized spacial score (nSPS) is 25.0. The van der Waals surface area contributed by atoms with E-state index in [9.17, 15) is 8.78 Å². The van der Waals surface area contributed by atoms with E-state index in [0.717, 1.165) is 26.3 Å². The molecule has 0 aromatic carbocycles. The Hall–Kier alpha value is -0.260. The summed E-state index contributed by atoms with van der Waals surface area (Å²) in [7, 11) is 0. The third-order valence-corrected chi connectivity index (χ3v) is 3.48.